The molecule has 138 valence electrons. The number of aromatic carboxylic acids is 1. The summed E-state index contributed by atoms with van der Waals surface area (Å²) in [6.45, 7) is 4.20. The van der Waals surface area contributed by atoms with Crippen LogP contribution in [0.3, 0.4) is 0 Å². The SMILES string of the molecule is COc1cc2c(cc1OC)-c1cc(=O)c(C(=O)O)cn1C(C(C)C)CC2. The van der Waals surface area contributed by atoms with Crippen LogP contribution in [0.2, 0.25) is 0 Å². The lowest BCUT2D eigenvalue weighted by atomic mass is 9.96. The largest absolute Gasteiger partial charge is 0.493 e. The molecule has 0 amide bonds. The minimum absolute atomic E-state index is 0.0908. The molecule has 1 aromatic carbocycles. The fourth-order valence-corrected chi connectivity index (χ4v) is 3.66. The predicted molar refractivity (Wildman–Crippen MR) is 98.4 cm³/mol. The van der Waals surface area contributed by atoms with Crippen molar-refractivity contribution < 1.29 is 19.4 Å². The molecule has 26 heavy (non-hydrogen) atoms. The van der Waals surface area contributed by atoms with E-state index in [1.807, 2.05) is 16.7 Å². The molecule has 1 atom stereocenters. The number of aryl methyl sites for hydroxylation is 1. The second kappa shape index (κ2) is 6.86. The van der Waals surface area contributed by atoms with Crippen LogP contribution in [0.15, 0.2) is 29.2 Å². The van der Waals surface area contributed by atoms with Gasteiger partial charge in [-0.05, 0) is 36.5 Å². The fraction of sp³-hybridized carbons (Fsp3) is 0.400. The Kier molecular flexibility index (Phi) is 4.76. The van der Waals surface area contributed by atoms with E-state index in [1.165, 1.54) is 12.3 Å². The molecule has 6 nitrogen and oxygen atoms in total. The lowest BCUT2D eigenvalue weighted by molar-refractivity contribution is 0.0694. The smallest absolute Gasteiger partial charge is 0.341 e. The molecular weight excluding hydrogens is 334 g/mol. The van der Waals surface area contributed by atoms with Gasteiger partial charge in [-0.25, -0.2) is 4.79 Å². The summed E-state index contributed by atoms with van der Waals surface area (Å²) in [4.78, 5) is 23.8. The average molecular weight is 357 g/mol. The molecule has 0 radical (unpaired) electrons. The molecule has 0 saturated carbocycles. The molecule has 1 aliphatic heterocycles. The zero-order valence-electron chi connectivity index (χ0n) is 15.4. The number of carboxylic acids is 1. The maximum absolute atomic E-state index is 12.4. The molecule has 0 spiro atoms. The predicted octanol–water partition coefficient (Wildman–Crippen LogP) is 3.37. The Morgan fingerprint density at radius 2 is 1.85 bits per heavy atom. The van der Waals surface area contributed by atoms with Gasteiger partial charge < -0.3 is 19.1 Å². The molecular formula is C20H23NO5. The van der Waals surface area contributed by atoms with Crippen LogP contribution in [0.4, 0.5) is 0 Å². The third kappa shape index (κ3) is 2.96. The van der Waals surface area contributed by atoms with E-state index in [9.17, 15) is 14.7 Å². The third-order valence-corrected chi connectivity index (χ3v) is 5.03. The first-order valence-corrected chi connectivity index (χ1v) is 8.62. The lowest BCUT2D eigenvalue weighted by Gasteiger charge is -2.25. The lowest BCUT2D eigenvalue weighted by Crippen LogP contribution is -2.23. The van der Waals surface area contributed by atoms with E-state index in [1.54, 1.807) is 14.2 Å². The minimum atomic E-state index is -1.20. The zero-order chi connectivity index (χ0) is 19.0. The summed E-state index contributed by atoms with van der Waals surface area (Å²) in [5.41, 5.74) is 1.95. The van der Waals surface area contributed by atoms with Crippen LogP contribution >= 0.6 is 0 Å². The van der Waals surface area contributed by atoms with Crippen molar-refractivity contribution in [1.82, 2.24) is 4.57 Å². The highest BCUT2D eigenvalue weighted by atomic mass is 16.5. The molecule has 0 bridgehead atoms. The summed E-state index contributed by atoms with van der Waals surface area (Å²) >= 11 is 0. The van der Waals surface area contributed by atoms with E-state index in [0.29, 0.717) is 17.2 Å². The van der Waals surface area contributed by atoms with Crippen LogP contribution in [0.5, 0.6) is 11.5 Å². The molecule has 1 aliphatic rings. The highest BCUT2D eigenvalue weighted by Gasteiger charge is 2.27. The van der Waals surface area contributed by atoms with Crippen LogP contribution in [0, 0.1) is 5.92 Å². The summed E-state index contributed by atoms with van der Waals surface area (Å²) < 4.78 is 12.8. The summed E-state index contributed by atoms with van der Waals surface area (Å²) in [6.07, 6.45) is 3.13. The number of nitrogens with zero attached hydrogens (tertiary/aromatic N) is 1. The van der Waals surface area contributed by atoms with Crippen LogP contribution < -0.4 is 14.9 Å². The number of benzene rings is 1. The average Bonchev–Trinajstić information content (AvgIpc) is 2.75. The van der Waals surface area contributed by atoms with Gasteiger partial charge in [0.1, 0.15) is 5.56 Å². The van der Waals surface area contributed by atoms with Gasteiger partial charge in [0.05, 0.1) is 19.9 Å². The van der Waals surface area contributed by atoms with Gasteiger partial charge >= 0.3 is 5.97 Å². The third-order valence-electron chi connectivity index (χ3n) is 5.03. The van der Waals surface area contributed by atoms with Gasteiger partial charge in [0.15, 0.2) is 16.9 Å². The van der Waals surface area contributed by atoms with Crippen molar-refractivity contribution in [3.63, 3.8) is 0 Å². The first-order valence-electron chi connectivity index (χ1n) is 8.62. The van der Waals surface area contributed by atoms with E-state index in [0.717, 1.165) is 24.0 Å². The van der Waals surface area contributed by atoms with Crippen molar-refractivity contribution in [1.29, 1.82) is 0 Å². The second-order valence-corrected chi connectivity index (χ2v) is 6.86. The Morgan fingerprint density at radius 1 is 1.19 bits per heavy atom. The topological polar surface area (TPSA) is 77.8 Å². The number of methoxy groups -OCH3 is 2. The molecule has 2 aromatic rings. The van der Waals surface area contributed by atoms with E-state index in [4.69, 9.17) is 9.47 Å². The van der Waals surface area contributed by atoms with E-state index < -0.39 is 11.4 Å². The van der Waals surface area contributed by atoms with Crippen molar-refractivity contribution in [2.75, 3.05) is 14.2 Å². The minimum Gasteiger partial charge on any atom is -0.493 e. The van der Waals surface area contributed by atoms with Crippen LogP contribution in [0.1, 0.15) is 42.2 Å². The van der Waals surface area contributed by atoms with Crippen molar-refractivity contribution >= 4 is 5.97 Å². The van der Waals surface area contributed by atoms with Crippen LogP contribution in [0.25, 0.3) is 11.3 Å². The highest BCUT2D eigenvalue weighted by Crippen LogP contribution is 2.41. The monoisotopic (exact) mass is 357 g/mol. The van der Waals surface area contributed by atoms with Crippen LogP contribution in [-0.2, 0) is 6.42 Å². The quantitative estimate of drug-likeness (QED) is 0.908. The Bertz CT molecular complexity index is 913. The number of aromatic nitrogens is 1. The van der Waals surface area contributed by atoms with Gasteiger partial charge in [-0.2, -0.15) is 0 Å². The normalized spacial score (nSPS) is 15.8. The summed E-state index contributed by atoms with van der Waals surface area (Å²) in [6, 6.07) is 5.32. The van der Waals surface area contributed by atoms with Gasteiger partial charge in [-0.1, -0.05) is 13.8 Å². The number of hydrogen-bond acceptors (Lipinski definition) is 4. The van der Waals surface area contributed by atoms with Gasteiger partial charge in [0, 0.05) is 23.9 Å². The van der Waals surface area contributed by atoms with Crippen molar-refractivity contribution in [3.05, 3.63) is 45.7 Å². The van der Waals surface area contributed by atoms with Gasteiger partial charge in [0.25, 0.3) is 0 Å². The molecule has 1 N–H and O–H groups in total. The van der Waals surface area contributed by atoms with E-state index in [2.05, 4.69) is 13.8 Å². The molecule has 0 aliphatic carbocycles. The number of fused-ring (bicyclic) bond motifs is 3. The molecule has 0 fully saturated rings. The van der Waals surface area contributed by atoms with Crippen molar-refractivity contribution in [2.45, 2.75) is 32.7 Å². The molecule has 1 aromatic heterocycles. The van der Waals surface area contributed by atoms with Gasteiger partial charge in [0.2, 0.25) is 0 Å². The van der Waals surface area contributed by atoms with Crippen LogP contribution in [-0.4, -0.2) is 29.9 Å². The first-order chi connectivity index (χ1) is 12.4. The number of rotatable bonds is 4. The number of hydrogen-bond donors (Lipinski definition) is 1. The van der Waals surface area contributed by atoms with Gasteiger partial charge in [-0.3, -0.25) is 4.79 Å². The molecule has 1 unspecified atom stereocenters. The highest BCUT2D eigenvalue weighted by molar-refractivity contribution is 5.87. The molecule has 3 rings (SSSR count). The first kappa shape index (κ1) is 18.0. The second-order valence-electron chi connectivity index (χ2n) is 6.86. The van der Waals surface area contributed by atoms with Gasteiger partial charge in [-0.15, -0.1) is 0 Å². The maximum Gasteiger partial charge on any atom is 0.341 e. The Labute approximate surface area is 152 Å². The standard InChI is InChI=1S/C20H23NO5/c1-11(2)15-6-5-12-7-18(25-3)19(26-4)8-13(12)16-9-17(22)14(20(23)24)10-21(15)16/h7-11,15H,5-6H2,1-4H3,(H,23,24). The fourth-order valence-electron chi connectivity index (χ4n) is 3.66. The Hall–Kier alpha value is -2.76. The molecule has 6 heteroatoms. The van der Waals surface area contributed by atoms with Crippen molar-refractivity contribution in [2.24, 2.45) is 5.92 Å². The van der Waals surface area contributed by atoms with E-state index >= 15 is 0 Å². The zero-order valence-corrected chi connectivity index (χ0v) is 15.4. The number of pyridine rings is 1. The maximum atomic E-state index is 12.4. The Morgan fingerprint density at radius 3 is 2.42 bits per heavy atom. The summed E-state index contributed by atoms with van der Waals surface area (Å²) in [7, 11) is 3.16. The molecule has 0 saturated heterocycles. The van der Waals surface area contributed by atoms with Crippen molar-refractivity contribution in [3.8, 4) is 22.8 Å². The molecule has 2 heterocycles. The summed E-state index contributed by atoms with van der Waals surface area (Å²) in [5, 5.41) is 9.36. The van der Waals surface area contributed by atoms with E-state index in [-0.39, 0.29) is 17.5 Å². The summed E-state index contributed by atoms with van der Waals surface area (Å²) in [5.74, 6) is 0.307. The number of carboxylic acid groups (broad SMARTS) is 1. The number of ether oxygens (including phenoxy) is 2. The Balaban J connectivity index is 2.33. The number of carbonyl (C=O) groups is 1.